The van der Waals surface area contributed by atoms with E-state index in [1.807, 2.05) is 12.1 Å². The molecule has 0 aliphatic heterocycles. The van der Waals surface area contributed by atoms with E-state index in [9.17, 15) is 0 Å². The Bertz CT molecular complexity index is 281. The van der Waals surface area contributed by atoms with Crippen molar-refractivity contribution < 1.29 is 0 Å². The smallest absolute Gasteiger partial charge is 0.0406 e. The molecule has 0 spiro atoms. The third-order valence-electron chi connectivity index (χ3n) is 2.91. The number of hydrogen-bond donors (Lipinski definition) is 1. The van der Waals surface area contributed by atoms with Crippen LogP contribution in [0.1, 0.15) is 45.1 Å². The van der Waals surface area contributed by atoms with Crippen LogP contribution in [0.5, 0.6) is 0 Å². The standard InChI is InChI=1S/C14H22ClN/c1-3-5-6-14(4-2)16-11-12-7-9-13(15)10-8-12/h7-10,14,16H,3-6,11H2,1-2H3. The fraction of sp³-hybridized carbons (Fsp3) is 0.571. The summed E-state index contributed by atoms with van der Waals surface area (Å²) < 4.78 is 0. The molecule has 1 aromatic rings. The van der Waals surface area contributed by atoms with E-state index in [1.165, 1.54) is 31.2 Å². The van der Waals surface area contributed by atoms with Crippen LogP contribution in [0.2, 0.25) is 5.02 Å². The lowest BCUT2D eigenvalue weighted by atomic mass is 10.1. The van der Waals surface area contributed by atoms with Crippen molar-refractivity contribution in [2.75, 3.05) is 0 Å². The summed E-state index contributed by atoms with van der Waals surface area (Å²) in [7, 11) is 0. The molecular formula is C14H22ClN. The molecule has 1 nitrogen and oxygen atoms in total. The zero-order valence-electron chi connectivity index (χ0n) is 10.3. The SMILES string of the molecule is CCCCC(CC)NCc1ccc(Cl)cc1. The third-order valence-corrected chi connectivity index (χ3v) is 3.16. The highest BCUT2D eigenvalue weighted by Gasteiger charge is 2.04. The highest BCUT2D eigenvalue weighted by atomic mass is 35.5. The van der Waals surface area contributed by atoms with Crippen LogP contribution in [0.25, 0.3) is 0 Å². The quantitative estimate of drug-likeness (QED) is 0.744. The van der Waals surface area contributed by atoms with Gasteiger partial charge in [0.15, 0.2) is 0 Å². The van der Waals surface area contributed by atoms with Gasteiger partial charge in [-0.1, -0.05) is 50.4 Å². The van der Waals surface area contributed by atoms with Crippen LogP contribution < -0.4 is 5.32 Å². The Hall–Kier alpha value is -0.530. The Morgan fingerprint density at radius 3 is 2.44 bits per heavy atom. The van der Waals surface area contributed by atoms with Gasteiger partial charge in [-0.2, -0.15) is 0 Å². The highest BCUT2D eigenvalue weighted by Crippen LogP contribution is 2.10. The summed E-state index contributed by atoms with van der Waals surface area (Å²) in [5.74, 6) is 0. The second-order valence-electron chi connectivity index (χ2n) is 4.25. The van der Waals surface area contributed by atoms with Crippen LogP contribution in [0.15, 0.2) is 24.3 Å². The molecule has 0 aromatic heterocycles. The molecule has 0 bridgehead atoms. The minimum absolute atomic E-state index is 0.649. The molecule has 1 rings (SSSR count). The maximum Gasteiger partial charge on any atom is 0.0406 e. The maximum absolute atomic E-state index is 5.85. The number of unbranched alkanes of at least 4 members (excludes halogenated alkanes) is 1. The van der Waals surface area contributed by atoms with Crippen molar-refractivity contribution >= 4 is 11.6 Å². The predicted octanol–water partition coefficient (Wildman–Crippen LogP) is 4.40. The lowest BCUT2D eigenvalue weighted by molar-refractivity contribution is 0.452. The molecule has 1 aromatic carbocycles. The summed E-state index contributed by atoms with van der Waals surface area (Å²) in [6.07, 6.45) is 5.07. The third kappa shape index (κ3) is 5.00. The first-order chi connectivity index (χ1) is 7.76. The van der Waals surface area contributed by atoms with E-state index < -0.39 is 0 Å². The van der Waals surface area contributed by atoms with Gasteiger partial charge in [-0.25, -0.2) is 0 Å². The van der Waals surface area contributed by atoms with Gasteiger partial charge in [-0.3, -0.25) is 0 Å². The van der Waals surface area contributed by atoms with Gasteiger partial charge in [-0.05, 0) is 30.5 Å². The molecule has 1 N–H and O–H groups in total. The maximum atomic E-state index is 5.85. The van der Waals surface area contributed by atoms with Crippen molar-refractivity contribution in [3.63, 3.8) is 0 Å². The van der Waals surface area contributed by atoms with Crippen molar-refractivity contribution in [1.29, 1.82) is 0 Å². The molecule has 0 heterocycles. The van der Waals surface area contributed by atoms with Gasteiger partial charge in [0, 0.05) is 17.6 Å². The molecule has 0 fully saturated rings. The highest BCUT2D eigenvalue weighted by molar-refractivity contribution is 6.30. The number of benzene rings is 1. The minimum Gasteiger partial charge on any atom is -0.310 e. The largest absolute Gasteiger partial charge is 0.310 e. The van der Waals surface area contributed by atoms with E-state index in [0.29, 0.717) is 6.04 Å². The van der Waals surface area contributed by atoms with Gasteiger partial charge < -0.3 is 5.32 Å². The van der Waals surface area contributed by atoms with Gasteiger partial charge in [0.1, 0.15) is 0 Å². The first kappa shape index (κ1) is 13.5. The average molecular weight is 240 g/mol. The lowest BCUT2D eigenvalue weighted by Crippen LogP contribution is -2.27. The van der Waals surface area contributed by atoms with Gasteiger partial charge >= 0.3 is 0 Å². The topological polar surface area (TPSA) is 12.0 Å². The van der Waals surface area contributed by atoms with Gasteiger partial charge in [0.25, 0.3) is 0 Å². The molecule has 0 aliphatic carbocycles. The van der Waals surface area contributed by atoms with E-state index in [2.05, 4.69) is 31.3 Å². The predicted molar refractivity (Wildman–Crippen MR) is 71.9 cm³/mol. The Morgan fingerprint density at radius 1 is 1.19 bits per heavy atom. The minimum atomic E-state index is 0.649. The fourth-order valence-corrected chi connectivity index (χ4v) is 1.89. The van der Waals surface area contributed by atoms with Gasteiger partial charge in [-0.15, -0.1) is 0 Å². The number of halogens is 1. The van der Waals surface area contributed by atoms with E-state index in [-0.39, 0.29) is 0 Å². The van der Waals surface area contributed by atoms with Gasteiger partial charge in [0.2, 0.25) is 0 Å². The Labute approximate surface area is 104 Å². The van der Waals surface area contributed by atoms with E-state index in [4.69, 9.17) is 11.6 Å². The van der Waals surface area contributed by atoms with Crippen LogP contribution in [-0.4, -0.2) is 6.04 Å². The number of rotatable bonds is 7. The molecule has 1 atom stereocenters. The Balaban J connectivity index is 2.34. The van der Waals surface area contributed by atoms with Crippen molar-refractivity contribution in [3.05, 3.63) is 34.9 Å². The lowest BCUT2D eigenvalue weighted by Gasteiger charge is -2.16. The second-order valence-corrected chi connectivity index (χ2v) is 4.69. The van der Waals surface area contributed by atoms with E-state index in [0.717, 1.165) is 11.6 Å². The van der Waals surface area contributed by atoms with Crippen LogP contribution >= 0.6 is 11.6 Å². The first-order valence-electron chi connectivity index (χ1n) is 6.24. The van der Waals surface area contributed by atoms with Gasteiger partial charge in [0.05, 0.1) is 0 Å². The Morgan fingerprint density at radius 2 is 1.88 bits per heavy atom. The van der Waals surface area contributed by atoms with Crippen molar-refractivity contribution in [2.45, 2.75) is 52.1 Å². The van der Waals surface area contributed by atoms with Crippen LogP contribution in [0.4, 0.5) is 0 Å². The van der Waals surface area contributed by atoms with Crippen molar-refractivity contribution in [1.82, 2.24) is 5.32 Å². The molecule has 0 aliphatic rings. The first-order valence-corrected chi connectivity index (χ1v) is 6.61. The normalized spacial score (nSPS) is 12.7. The summed E-state index contributed by atoms with van der Waals surface area (Å²) in [6, 6.07) is 8.72. The summed E-state index contributed by atoms with van der Waals surface area (Å²) in [5, 5.41) is 4.40. The van der Waals surface area contributed by atoms with Crippen LogP contribution in [-0.2, 0) is 6.54 Å². The molecule has 0 saturated heterocycles. The van der Waals surface area contributed by atoms with E-state index in [1.54, 1.807) is 0 Å². The zero-order chi connectivity index (χ0) is 11.8. The molecule has 2 heteroatoms. The molecule has 0 radical (unpaired) electrons. The number of nitrogens with one attached hydrogen (secondary N) is 1. The molecular weight excluding hydrogens is 218 g/mol. The summed E-state index contributed by atoms with van der Waals surface area (Å²) in [5.41, 5.74) is 1.30. The van der Waals surface area contributed by atoms with Crippen molar-refractivity contribution in [2.24, 2.45) is 0 Å². The fourth-order valence-electron chi connectivity index (χ4n) is 1.77. The van der Waals surface area contributed by atoms with Crippen molar-refractivity contribution in [3.8, 4) is 0 Å². The Kier molecular flexibility index (Phi) is 6.51. The summed E-state index contributed by atoms with van der Waals surface area (Å²) in [6.45, 7) is 5.43. The number of hydrogen-bond acceptors (Lipinski definition) is 1. The molecule has 0 saturated carbocycles. The van der Waals surface area contributed by atoms with E-state index >= 15 is 0 Å². The summed E-state index contributed by atoms with van der Waals surface area (Å²) >= 11 is 5.85. The molecule has 0 amide bonds. The molecule has 16 heavy (non-hydrogen) atoms. The summed E-state index contributed by atoms with van der Waals surface area (Å²) in [4.78, 5) is 0. The van der Waals surface area contributed by atoms with Crippen LogP contribution in [0.3, 0.4) is 0 Å². The monoisotopic (exact) mass is 239 g/mol. The molecule has 90 valence electrons. The second kappa shape index (κ2) is 7.70. The van der Waals surface area contributed by atoms with Crippen LogP contribution in [0, 0.1) is 0 Å². The zero-order valence-corrected chi connectivity index (χ0v) is 11.1. The molecule has 1 unspecified atom stereocenters. The average Bonchev–Trinajstić information content (AvgIpc) is 2.32.